The molecule has 18 heavy (non-hydrogen) atoms. The molecule has 0 saturated carbocycles. The lowest BCUT2D eigenvalue weighted by Crippen LogP contribution is -2.42. The first-order valence-corrected chi connectivity index (χ1v) is 6.41. The lowest BCUT2D eigenvalue weighted by molar-refractivity contribution is -0.121. The summed E-state index contributed by atoms with van der Waals surface area (Å²) in [5.74, 6) is 1.43. The second-order valence-electron chi connectivity index (χ2n) is 4.48. The van der Waals surface area contributed by atoms with Gasteiger partial charge in [0.05, 0.1) is 0 Å². The molecular weight excluding hydrogens is 252 g/mol. The molecule has 1 aromatic heterocycles. The molecule has 5 nitrogen and oxygen atoms in total. The third-order valence-corrected chi connectivity index (χ3v) is 3.61. The normalized spacial score (nSPS) is 19.1. The third-order valence-electron chi connectivity index (χ3n) is 3.25. The molecule has 1 amide bonds. The first-order chi connectivity index (χ1) is 8.54. The van der Waals surface area contributed by atoms with Gasteiger partial charge in [-0.1, -0.05) is 11.6 Å². The van der Waals surface area contributed by atoms with Crippen molar-refractivity contribution in [2.45, 2.75) is 32.7 Å². The van der Waals surface area contributed by atoms with E-state index in [1.165, 1.54) is 0 Å². The second kappa shape index (κ2) is 5.10. The quantitative estimate of drug-likeness (QED) is 0.825. The van der Waals surface area contributed by atoms with Crippen LogP contribution in [-0.4, -0.2) is 35.5 Å². The predicted octanol–water partition coefficient (Wildman–Crippen LogP) is 1.46. The van der Waals surface area contributed by atoms with Gasteiger partial charge in [0.15, 0.2) is 0 Å². The van der Waals surface area contributed by atoms with Gasteiger partial charge >= 0.3 is 0 Å². The van der Waals surface area contributed by atoms with E-state index in [4.69, 9.17) is 11.6 Å². The number of nitrogens with zero attached hydrogens (tertiary/aromatic N) is 3. The van der Waals surface area contributed by atoms with E-state index in [0.29, 0.717) is 11.0 Å². The Balaban J connectivity index is 2.39. The number of likely N-dealkylation sites (N-methyl/N-ethyl adjacent to an activating group) is 1. The van der Waals surface area contributed by atoms with Crippen LogP contribution in [0.3, 0.4) is 0 Å². The molecule has 1 fully saturated rings. The molecule has 0 bridgehead atoms. The first kappa shape index (κ1) is 13.1. The number of hydrogen-bond acceptors (Lipinski definition) is 4. The lowest BCUT2D eigenvalue weighted by Gasteiger charge is -2.26. The summed E-state index contributed by atoms with van der Waals surface area (Å²) in [7, 11) is 1.66. The number of anilines is 1. The summed E-state index contributed by atoms with van der Waals surface area (Å²) in [6.45, 7) is 4.52. The van der Waals surface area contributed by atoms with Crippen LogP contribution in [0.4, 0.5) is 5.82 Å². The van der Waals surface area contributed by atoms with Crippen LogP contribution >= 0.6 is 11.6 Å². The van der Waals surface area contributed by atoms with E-state index in [2.05, 4.69) is 15.3 Å². The fraction of sp³-hybridized carbons (Fsp3) is 0.583. The van der Waals surface area contributed by atoms with Crippen LogP contribution in [0.25, 0.3) is 0 Å². The molecule has 1 atom stereocenters. The third kappa shape index (κ3) is 2.27. The van der Waals surface area contributed by atoms with Crippen molar-refractivity contribution in [3.8, 4) is 0 Å². The van der Waals surface area contributed by atoms with Gasteiger partial charge in [-0.25, -0.2) is 9.97 Å². The minimum atomic E-state index is -0.154. The van der Waals surface area contributed by atoms with Crippen LogP contribution in [0.5, 0.6) is 0 Å². The van der Waals surface area contributed by atoms with Crippen molar-refractivity contribution in [2.24, 2.45) is 0 Å². The fourth-order valence-electron chi connectivity index (χ4n) is 2.32. The highest BCUT2D eigenvalue weighted by Crippen LogP contribution is 2.29. The van der Waals surface area contributed by atoms with E-state index in [1.54, 1.807) is 14.0 Å². The Hall–Kier alpha value is -1.36. The summed E-state index contributed by atoms with van der Waals surface area (Å²) < 4.78 is 0. The van der Waals surface area contributed by atoms with E-state index in [0.717, 1.165) is 30.8 Å². The average molecular weight is 269 g/mol. The fourth-order valence-corrected chi connectivity index (χ4v) is 2.53. The van der Waals surface area contributed by atoms with Crippen LogP contribution in [0.15, 0.2) is 0 Å². The number of aryl methyl sites for hydroxylation is 1. The van der Waals surface area contributed by atoms with Crippen molar-refractivity contribution >= 4 is 23.3 Å². The molecule has 0 aromatic carbocycles. The number of halogens is 1. The summed E-state index contributed by atoms with van der Waals surface area (Å²) in [6, 6.07) is -0.154. The van der Waals surface area contributed by atoms with E-state index in [1.807, 2.05) is 11.8 Å². The van der Waals surface area contributed by atoms with E-state index >= 15 is 0 Å². The van der Waals surface area contributed by atoms with Crippen molar-refractivity contribution < 1.29 is 4.79 Å². The zero-order valence-electron chi connectivity index (χ0n) is 10.8. The second-order valence-corrected chi connectivity index (χ2v) is 4.83. The molecule has 0 spiro atoms. The molecule has 2 rings (SSSR count). The Morgan fingerprint density at radius 3 is 2.83 bits per heavy atom. The molecule has 2 heterocycles. The Bertz CT molecular complexity index is 477. The van der Waals surface area contributed by atoms with Crippen LogP contribution in [-0.2, 0) is 4.79 Å². The van der Waals surface area contributed by atoms with Crippen LogP contribution in [0.1, 0.15) is 24.2 Å². The molecule has 98 valence electrons. The minimum Gasteiger partial charge on any atom is -0.357 e. The molecule has 1 unspecified atom stereocenters. The van der Waals surface area contributed by atoms with Crippen molar-refractivity contribution in [3.63, 3.8) is 0 Å². The maximum atomic E-state index is 11.8. The maximum Gasteiger partial charge on any atom is 0.242 e. The number of carbonyl (C=O) groups is 1. The number of aromatic nitrogens is 2. The SMILES string of the molecule is CNC(=O)C1CCCN1c1nc(C)nc(Cl)c1C. The van der Waals surface area contributed by atoms with Gasteiger partial charge in [-0.2, -0.15) is 0 Å². The molecule has 6 heteroatoms. The van der Waals surface area contributed by atoms with Gasteiger partial charge in [0, 0.05) is 19.2 Å². The minimum absolute atomic E-state index is 0.0271. The predicted molar refractivity (Wildman–Crippen MR) is 71.0 cm³/mol. The highest BCUT2D eigenvalue weighted by molar-refractivity contribution is 6.30. The summed E-state index contributed by atoms with van der Waals surface area (Å²) in [5, 5.41) is 3.16. The lowest BCUT2D eigenvalue weighted by atomic mass is 10.2. The van der Waals surface area contributed by atoms with Gasteiger partial charge in [-0.05, 0) is 26.7 Å². The monoisotopic (exact) mass is 268 g/mol. The number of hydrogen-bond donors (Lipinski definition) is 1. The van der Waals surface area contributed by atoms with E-state index in [-0.39, 0.29) is 11.9 Å². The van der Waals surface area contributed by atoms with Gasteiger partial charge in [0.2, 0.25) is 5.91 Å². The smallest absolute Gasteiger partial charge is 0.242 e. The largest absolute Gasteiger partial charge is 0.357 e. The molecule has 1 saturated heterocycles. The highest BCUT2D eigenvalue weighted by Gasteiger charge is 2.32. The summed E-state index contributed by atoms with van der Waals surface area (Å²) >= 11 is 6.08. The standard InChI is InChI=1S/C12H17ClN4O/c1-7-10(13)15-8(2)16-11(7)17-6-4-5-9(17)12(18)14-3/h9H,4-6H2,1-3H3,(H,14,18). The van der Waals surface area contributed by atoms with Gasteiger partial charge in [-0.15, -0.1) is 0 Å². The highest BCUT2D eigenvalue weighted by atomic mass is 35.5. The topological polar surface area (TPSA) is 58.1 Å². The van der Waals surface area contributed by atoms with Crippen molar-refractivity contribution in [3.05, 3.63) is 16.5 Å². The Kier molecular flexibility index (Phi) is 3.71. The molecule has 0 aliphatic carbocycles. The van der Waals surface area contributed by atoms with Gasteiger partial charge in [0.1, 0.15) is 22.8 Å². The van der Waals surface area contributed by atoms with Crippen LogP contribution in [0, 0.1) is 13.8 Å². The molecule has 1 N–H and O–H groups in total. The number of carbonyl (C=O) groups excluding carboxylic acids is 1. The first-order valence-electron chi connectivity index (χ1n) is 6.03. The number of amides is 1. The Morgan fingerprint density at radius 2 is 2.17 bits per heavy atom. The van der Waals surface area contributed by atoms with E-state index in [9.17, 15) is 4.79 Å². The molecule has 0 radical (unpaired) electrons. The zero-order valence-corrected chi connectivity index (χ0v) is 11.6. The van der Waals surface area contributed by atoms with Crippen molar-refractivity contribution in [2.75, 3.05) is 18.5 Å². The van der Waals surface area contributed by atoms with E-state index < -0.39 is 0 Å². The number of nitrogens with one attached hydrogen (secondary N) is 1. The molecule has 1 aliphatic heterocycles. The zero-order chi connectivity index (χ0) is 13.3. The van der Waals surface area contributed by atoms with Gasteiger partial charge < -0.3 is 10.2 Å². The van der Waals surface area contributed by atoms with Crippen molar-refractivity contribution in [1.82, 2.24) is 15.3 Å². The Labute approximate surface area is 112 Å². The van der Waals surface area contributed by atoms with Gasteiger partial charge in [0.25, 0.3) is 0 Å². The van der Waals surface area contributed by atoms with Crippen LogP contribution in [0.2, 0.25) is 5.15 Å². The molecular formula is C12H17ClN4O. The van der Waals surface area contributed by atoms with Crippen LogP contribution < -0.4 is 10.2 Å². The summed E-state index contributed by atoms with van der Waals surface area (Å²) in [6.07, 6.45) is 1.83. The summed E-state index contributed by atoms with van der Waals surface area (Å²) in [4.78, 5) is 22.4. The Morgan fingerprint density at radius 1 is 1.44 bits per heavy atom. The molecule has 1 aliphatic rings. The number of rotatable bonds is 2. The average Bonchev–Trinajstić information content (AvgIpc) is 2.81. The molecule has 1 aromatic rings. The summed E-state index contributed by atoms with van der Waals surface area (Å²) in [5.41, 5.74) is 0.832. The van der Waals surface area contributed by atoms with Crippen molar-refractivity contribution in [1.29, 1.82) is 0 Å². The van der Waals surface area contributed by atoms with Gasteiger partial charge in [-0.3, -0.25) is 4.79 Å². The maximum absolute atomic E-state index is 11.8.